The number of nitrogens with one attached hydrogen (secondary N) is 2. The Balaban J connectivity index is 1.45. The molecular formula is C22H25Cl5N4O2S. The van der Waals surface area contributed by atoms with Gasteiger partial charge in [0.2, 0.25) is 9.70 Å². The minimum absolute atomic E-state index is 0.0203. The molecule has 0 aromatic carbocycles. The van der Waals surface area contributed by atoms with Crippen molar-refractivity contribution in [3.05, 3.63) is 44.8 Å². The number of carbonyl (C=O) groups excluding carboxylic acids is 1. The normalized spacial score (nSPS) is 27.8. The van der Waals surface area contributed by atoms with E-state index in [1.165, 1.54) is 0 Å². The number of amides is 1. The summed E-state index contributed by atoms with van der Waals surface area (Å²) in [6.45, 7) is 5.84. The summed E-state index contributed by atoms with van der Waals surface area (Å²) in [5, 5.41) is 6.22. The van der Waals surface area contributed by atoms with E-state index in [0.29, 0.717) is 24.7 Å². The van der Waals surface area contributed by atoms with E-state index in [1.807, 2.05) is 29.4 Å². The van der Waals surface area contributed by atoms with Gasteiger partial charge in [-0.25, -0.2) is 0 Å². The van der Waals surface area contributed by atoms with Gasteiger partial charge < -0.3 is 20.1 Å². The number of hydrogen-bond donors (Lipinski definition) is 2. The number of thiocarbonyl (C=S) groups is 1. The minimum Gasteiger partial charge on any atom is -0.348 e. The van der Waals surface area contributed by atoms with Gasteiger partial charge in [-0.2, -0.15) is 0 Å². The van der Waals surface area contributed by atoms with Crippen molar-refractivity contribution in [3.63, 3.8) is 0 Å². The van der Waals surface area contributed by atoms with Gasteiger partial charge in [0.25, 0.3) is 5.56 Å². The van der Waals surface area contributed by atoms with Crippen molar-refractivity contribution in [2.75, 3.05) is 13.1 Å². The summed E-state index contributed by atoms with van der Waals surface area (Å²) in [4.78, 5) is 27.3. The first kappa shape index (κ1) is 26.4. The van der Waals surface area contributed by atoms with Gasteiger partial charge in [0.15, 0.2) is 5.11 Å². The van der Waals surface area contributed by atoms with E-state index in [2.05, 4.69) is 10.6 Å². The van der Waals surface area contributed by atoms with Crippen molar-refractivity contribution in [3.8, 4) is 0 Å². The van der Waals surface area contributed by atoms with Gasteiger partial charge in [-0.05, 0) is 48.0 Å². The van der Waals surface area contributed by atoms with Crippen LogP contribution in [0.25, 0.3) is 0 Å². The van der Waals surface area contributed by atoms with Gasteiger partial charge in [0.1, 0.15) is 10.7 Å². The molecule has 0 radical (unpaired) electrons. The fourth-order valence-corrected chi connectivity index (χ4v) is 6.20. The largest absolute Gasteiger partial charge is 0.348 e. The molecule has 34 heavy (non-hydrogen) atoms. The average molecular weight is 587 g/mol. The van der Waals surface area contributed by atoms with E-state index >= 15 is 0 Å². The molecule has 1 saturated heterocycles. The molecule has 3 heterocycles. The summed E-state index contributed by atoms with van der Waals surface area (Å²) in [7, 11) is 0. The van der Waals surface area contributed by atoms with E-state index in [1.54, 1.807) is 18.2 Å². The fraction of sp³-hybridized carbons (Fsp3) is 0.591. The number of fused-ring (bicyclic) bond motifs is 4. The second-order valence-corrected chi connectivity index (χ2v) is 13.6. The van der Waals surface area contributed by atoms with Gasteiger partial charge in [0.05, 0.1) is 5.92 Å². The molecular weight excluding hydrogens is 562 g/mol. The lowest BCUT2D eigenvalue weighted by atomic mass is 9.83. The van der Waals surface area contributed by atoms with Crippen LogP contribution in [0.4, 0.5) is 0 Å². The van der Waals surface area contributed by atoms with Gasteiger partial charge in [0, 0.05) is 37.3 Å². The molecule has 5 atom stereocenters. The molecule has 1 aromatic heterocycles. The second kappa shape index (κ2) is 9.64. The van der Waals surface area contributed by atoms with Gasteiger partial charge in [-0.1, -0.05) is 77.9 Å². The first-order valence-electron chi connectivity index (χ1n) is 10.9. The lowest BCUT2D eigenvalue weighted by Gasteiger charge is -2.44. The molecule has 6 nitrogen and oxygen atoms in total. The van der Waals surface area contributed by atoms with Crippen LogP contribution in [0.1, 0.15) is 31.9 Å². The Morgan fingerprint density at radius 1 is 1.21 bits per heavy atom. The molecule has 3 aliphatic rings. The third-order valence-electron chi connectivity index (χ3n) is 7.15. The van der Waals surface area contributed by atoms with Crippen LogP contribution in [0.3, 0.4) is 0 Å². The highest BCUT2D eigenvalue weighted by Crippen LogP contribution is 2.59. The van der Waals surface area contributed by atoms with E-state index in [0.717, 1.165) is 12.1 Å². The molecule has 2 N–H and O–H groups in total. The number of nitrogens with zero attached hydrogens (tertiary/aromatic N) is 2. The van der Waals surface area contributed by atoms with Crippen LogP contribution in [-0.4, -0.2) is 43.5 Å². The van der Waals surface area contributed by atoms with Gasteiger partial charge in [-0.3, -0.25) is 9.59 Å². The standard InChI is InChI=1S/C22H25Cl5N4O2S/c1-21(2)13(7-15(23)24)17(21)18(33)28-19(22(25,26)27)29-20(34)30-8-11-6-12(10-30)14-4-3-5-16(32)31(14)9-11/h3-5,7,11-13,17,19H,6,8-10H2,1-2H3,(H,28,33)(H,29,34). The lowest BCUT2D eigenvalue weighted by molar-refractivity contribution is -0.123. The smallest absolute Gasteiger partial charge is 0.250 e. The molecule has 12 heteroatoms. The minimum atomic E-state index is -1.85. The van der Waals surface area contributed by atoms with Crippen LogP contribution < -0.4 is 16.2 Å². The molecule has 1 aliphatic carbocycles. The van der Waals surface area contributed by atoms with Crippen molar-refractivity contribution in [1.82, 2.24) is 20.1 Å². The average Bonchev–Trinajstić information content (AvgIpc) is 3.26. The Morgan fingerprint density at radius 3 is 2.56 bits per heavy atom. The molecule has 186 valence electrons. The van der Waals surface area contributed by atoms with Gasteiger partial charge >= 0.3 is 0 Å². The number of allylic oxidation sites excluding steroid dienone is 1. The first-order valence-corrected chi connectivity index (χ1v) is 13.2. The summed E-state index contributed by atoms with van der Waals surface area (Å²) < 4.78 is 0.122. The highest BCUT2D eigenvalue weighted by molar-refractivity contribution is 7.80. The number of hydrogen-bond acceptors (Lipinski definition) is 3. The van der Waals surface area contributed by atoms with Crippen molar-refractivity contribution in [1.29, 1.82) is 0 Å². The van der Waals surface area contributed by atoms with Crippen LogP contribution in [-0.2, 0) is 11.3 Å². The number of halogens is 5. The van der Waals surface area contributed by atoms with Gasteiger partial charge in [-0.15, -0.1) is 0 Å². The fourth-order valence-electron chi connectivity index (χ4n) is 5.33. The predicted molar refractivity (Wildman–Crippen MR) is 142 cm³/mol. The molecule has 5 unspecified atom stereocenters. The Morgan fingerprint density at radius 2 is 1.91 bits per heavy atom. The van der Waals surface area contributed by atoms with E-state index in [9.17, 15) is 9.59 Å². The molecule has 1 aromatic rings. The van der Waals surface area contributed by atoms with Crippen molar-refractivity contribution in [2.45, 2.75) is 42.7 Å². The third kappa shape index (κ3) is 5.35. The molecule has 2 fully saturated rings. The summed E-state index contributed by atoms with van der Waals surface area (Å²) >= 11 is 35.9. The van der Waals surface area contributed by atoms with Crippen molar-refractivity contribution < 1.29 is 4.79 Å². The molecule has 0 spiro atoms. The third-order valence-corrected chi connectivity index (χ3v) is 8.43. The Kier molecular flexibility index (Phi) is 7.47. The summed E-state index contributed by atoms with van der Waals surface area (Å²) in [6, 6.07) is 5.37. The van der Waals surface area contributed by atoms with Crippen LogP contribution in [0.15, 0.2) is 33.6 Å². The van der Waals surface area contributed by atoms with Crippen molar-refractivity contribution >= 4 is 81.2 Å². The number of pyridine rings is 1. The molecule has 1 saturated carbocycles. The Bertz CT molecular complexity index is 1080. The number of aromatic nitrogens is 1. The quantitative estimate of drug-likeness (QED) is 0.308. The summed E-state index contributed by atoms with van der Waals surface area (Å²) in [6.07, 6.45) is 1.61. The zero-order valence-corrected chi connectivity index (χ0v) is 23.1. The predicted octanol–water partition coefficient (Wildman–Crippen LogP) is 4.55. The molecule has 1 amide bonds. The highest BCUT2D eigenvalue weighted by atomic mass is 35.6. The lowest BCUT2D eigenvalue weighted by Crippen LogP contribution is -2.60. The number of carbonyl (C=O) groups is 1. The molecule has 2 aliphatic heterocycles. The SMILES string of the molecule is CC1(C)C(C=C(Cl)Cl)C1C(=O)NC(NC(=S)N1CC2CC(C1)c1cccc(=O)n1C2)C(Cl)(Cl)Cl. The first-order chi connectivity index (χ1) is 15.8. The second-order valence-electron chi connectivity index (χ2n) is 9.82. The monoisotopic (exact) mass is 584 g/mol. The number of rotatable bonds is 4. The Hall–Kier alpha value is -0.700. The molecule has 2 bridgehead atoms. The number of piperidine rings is 1. The van der Waals surface area contributed by atoms with E-state index < -0.39 is 9.96 Å². The maximum absolute atomic E-state index is 13.0. The van der Waals surface area contributed by atoms with Crippen LogP contribution in [0, 0.1) is 23.2 Å². The topological polar surface area (TPSA) is 66.4 Å². The molecule has 4 rings (SSSR count). The number of likely N-dealkylation sites (tertiary alicyclic amines) is 1. The summed E-state index contributed by atoms with van der Waals surface area (Å²) in [5.41, 5.74) is 0.704. The van der Waals surface area contributed by atoms with E-state index in [4.69, 9.17) is 70.2 Å². The zero-order valence-electron chi connectivity index (χ0n) is 18.5. The summed E-state index contributed by atoms with van der Waals surface area (Å²) in [5.74, 6) is -0.329. The van der Waals surface area contributed by atoms with Crippen molar-refractivity contribution in [2.24, 2.45) is 23.2 Å². The number of alkyl halides is 3. The maximum Gasteiger partial charge on any atom is 0.250 e. The highest BCUT2D eigenvalue weighted by Gasteiger charge is 2.61. The Labute approximate surface area is 228 Å². The maximum atomic E-state index is 13.0. The zero-order chi connectivity index (χ0) is 25.0. The van der Waals surface area contributed by atoms with Crippen LogP contribution in [0.5, 0.6) is 0 Å². The van der Waals surface area contributed by atoms with Crippen LogP contribution >= 0.6 is 70.2 Å². The van der Waals surface area contributed by atoms with Crippen LogP contribution in [0.2, 0.25) is 0 Å². The van der Waals surface area contributed by atoms with E-state index in [-0.39, 0.29) is 45.0 Å².